The molecule has 1 heterocycles. The molecule has 3 amide bonds. The number of ether oxygens (including phenoxy) is 2. The number of benzene rings is 2. The van der Waals surface area contributed by atoms with Crippen molar-refractivity contribution in [2.45, 2.75) is 19.4 Å². The van der Waals surface area contributed by atoms with E-state index in [2.05, 4.69) is 0 Å². The molecule has 0 unspecified atom stereocenters. The minimum atomic E-state index is -1.40. The second kappa shape index (κ2) is 6.56. The first-order valence-electron chi connectivity index (χ1n) is 7.92. The van der Waals surface area contributed by atoms with Gasteiger partial charge in [-0.15, -0.1) is 0 Å². The molecular formula is C19H15NO7. The first-order chi connectivity index (χ1) is 12.7. The van der Waals surface area contributed by atoms with Gasteiger partial charge in [-0.05, 0) is 62.4 Å². The van der Waals surface area contributed by atoms with Gasteiger partial charge in [0, 0.05) is 5.56 Å². The van der Waals surface area contributed by atoms with Crippen molar-refractivity contribution in [1.29, 1.82) is 0 Å². The van der Waals surface area contributed by atoms with Crippen LogP contribution in [0.25, 0.3) is 0 Å². The lowest BCUT2D eigenvalue weighted by Gasteiger charge is -2.12. The molecule has 2 aromatic carbocycles. The Morgan fingerprint density at radius 2 is 1.52 bits per heavy atom. The van der Waals surface area contributed by atoms with E-state index in [4.69, 9.17) is 9.47 Å². The highest BCUT2D eigenvalue weighted by Crippen LogP contribution is 2.25. The first kappa shape index (κ1) is 18.1. The Bertz CT molecular complexity index is 930. The lowest BCUT2D eigenvalue weighted by atomic mass is 10.1. The average molecular weight is 369 g/mol. The summed E-state index contributed by atoms with van der Waals surface area (Å²) in [6, 6.07) is 10.9. The summed E-state index contributed by atoms with van der Waals surface area (Å²) in [4.78, 5) is 48.8. The summed E-state index contributed by atoms with van der Waals surface area (Å²) in [5, 5.41) is 9.23. The fourth-order valence-electron chi connectivity index (χ4n) is 2.39. The molecule has 1 aliphatic heterocycles. The van der Waals surface area contributed by atoms with Crippen LogP contribution in [0.4, 0.5) is 4.79 Å². The highest BCUT2D eigenvalue weighted by atomic mass is 16.6. The van der Waals surface area contributed by atoms with Gasteiger partial charge in [0.05, 0.1) is 5.56 Å². The van der Waals surface area contributed by atoms with Gasteiger partial charge in [-0.2, -0.15) is 4.90 Å². The van der Waals surface area contributed by atoms with Crippen LogP contribution in [0.15, 0.2) is 48.5 Å². The first-order valence-corrected chi connectivity index (χ1v) is 7.92. The number of esters is 1. The second-order valence-electron chi connectivity index (χ2n) is 6.28. The summed E-state index contributed by atoms with van der Waals surface area (Å²) < 4.78 is 10.1. The lowest BCUT2D eigenvalue weighted by molar-refractivity contribution is -0.133. The zero-order valence-corrected chi connectivity index (χ0v) is 14.5. The number of hydrogen-bond acceptors (Lipinski definition) is 7. The van der Waals surface area contributed by atoms with E-state index in [-0.39, 0.29) is 22.6 Å². The Labute approximate surface area is 153 Å². The maximum Gasteiger partial charge on any atom is 0.425 e. The number of nitrogens with zero attached hydrogens (tertiary/aromatic N) is 1. The van der Waals surface area contributed by atoms with Gasteiger partial charge in [0.2, 0.25) is 0 Å². The highest BCUT2D eigenvalue weighted by Gasteiger charge is 2.50. The largest absolute Gasteiger partial charge is 0.508 e. The SMILES string of the molecule is CC1(C)OC(=O)N(C(=O)c2ccc(OC(=O)c3ccc(O)cc3)cc2)C1=O. The van der Waals surface area contributed by atoms with E-state index >= 15 is 0 Å². The molecule has 0 saturated carbocycles. The van der Waals surface area contributed by atoms with E-state index in [0.717, 1.165) is 0 Å². The quantitative estimate of drug-likeness (QED) is 0.503. The monoisotopic (exact) mass is 369 g/mol. The Morgan fingerprint density at radius 3 is 2.04 bits per heavy atom. The second-order valence-corrected chi connectivity index (χ2v) is 6.28. The smallest absolute Gasteiger partial charge is 0.425 e. The Kier molecular flexibility index (Phi) is 4.40. The number of hydrogen-bond donors (Lipinski definition) is 1. The molecule has 1 saturated heterocycles. The molecule has 0 bridgehead atoms. The Morgan fingerprint density at radius 1 is 0.963 bits per heavy atom. The molecular weight excluding hydrogens is 354 g/mol. The number of carbonyl (C=O) groups is 4. The zero-order valence-electron chi connectivity index (χ0n) is 14.5. The maximum absolute atomic E-state index is 12.4. The third-order valence-electron chi connectivity index (χ3n) is 3.86. The third kappa shape index (κ3) is 3.50. The third-order valence-corrected chi connectivity index (χ3v) is 3.86. The summed E-state index contributed by atoms with van der Waals surface area (Å²) in [6.45, 7) is 2.79. The molecule has 2 aromatic rings. The maximum atomic E-state index is 12.4. The molecule has 8 nitrogen and oxygen atoms in total. The van der Waals surface area contributed by atoms with Gasteiger partial charge >= 0.3 is 12.1 Å². The van der Waals surface area contributed by atoms with Crippen LogP contribution < -0.4 is 4.74 Å². The van der Waals surface area contributed by atoms with Crippen molar-refractivity contribution >= 4 is 23.9 Å². The van der Waals surface area contributed by atoms with Crippen molar-refractivity contribution in [3.05, 3.63) is 59.7 Å². The molecule has 1 N–H and O–H groups in total. The highest BCUT2D eigenvalue weighted by molar-refractivity contribution is 6.19. The van der Waals surface area contributed by atoms with Crippen molar-refractivity contribution in [2.24, 2.45) is 0 Å². The lowest BCUT2D eigenvalue weighted by Crippen LogP contribution is -2.40. The normalized spacial score (nSPS) is 15.4. The van der Waals surface area contributed by atoms with Gasteiger partial charge in [0.25, 0.3) is 11.8 Å². The van der Waals surface area contributed by atoms with E-state index in [9.17, 15) is 24.3 Å². The molecule has 0 spiro atoms. The number of aromatic hydroxyl groups is 1. The number of phenols is 1. The van der Waals surface area contributed by atoms with Crippen LogP contribution in [-0.2, 0) is 9.53 Å². The van der Waals surface area contributed by atoms with E-state index < -0.39 is 29.5 Å². The molecule has 1 fully saturated rings. The van der Waals surface area contributed by atoms with Gasteiger partial charge in [-0.3, -0.25) is 9.59 Å². The zero-order chi connectivity index (χ0) is 19.8. The van der Waals surface area contributed by atoms with Crippen LogP contribution in [0.1, 0.15) is 34.6 Å². The van der Waals surface area contributed by atoms with Crippen molar-refractivity contribution in [1.82, 2.24) is 4.90 Å². The molecule has 138 valence electrons. The Hall–Kier alpha value is -3.68. The van der Waals surface area contributed by atoms with E-state index in [1.807, 2.05) is 0 Å². The molecule has 0 atom stereocenters. The predicted molar refractivity (Wildman–Crippen MR) is 91.2 cm³/mol. The molecule has 0 aromatic heterocycles. The van der Waals surface area contributed by atoms with Crippen molar-refractivity contribution in [2.75, 3.05) is 0 Å². The van der Waals surface area contributed by atoms with Crippen molar-refractivity contribution in [3.63, 3.8) is 0 Å². The molecule has 0 radical (unpaired) electrons. The van der Waals surface area contributed by atoms with E-state index in [0.29, 0.717) is 4.90 Å². The molecule has 0 aliphatic carbocycles. The fraction of sp³-hybridized carbons (Fsp3) is 0.158. The Balaban J connectivity index is 1.73. The van der Waals surface area contributed by atoms with Gasteiger partial charge in [-0.1, -0.05) is 0 Å². The minimum absolute atomic E-state index is 0.0209. The van der Waals surface area contributed by atoms with Crippen molar-refractivity contribution < 1.29 is 33.8 Å². The summed E-state index contributed by atoms with van der Waals surface area (Å²) in [6.07, 6.45) is -1.03. The molecule has 1 aliphatic rings. The number of amides is 3. The van der Waals surface area contributed by atoms with Crippen LogP contribution in [0, 0.1) is 0 Å². The number of imide groups is 3. The fourth-order valence-corrected chi connectivity index (χ4v) is 2.39. The van der Waals surface area contributed by atoms with Crippen LogP contribution >= 0.6 is 0 Å². The van der Waals surface area contributed by atoms with Crippen LogP contribution in [-0.4, -0.2) is 39.5 Å². The van der Waals surface area contributed by atoms with E-state index in [1.54, 1.807) is 0 Å². The van der Waals surface area contributed by atoms with Gasteiger partial charge < -0.3 is 14.6 Å². The number of rotatable bonds is 3. The number of carbonyl (C=O) groups excluding carboxylic acids is 4. The standard InChI is InChI=1S/C19H15NO7/c1-19(2)17(24)20(18(25)27-19)15(22)11-5-9-14(10-6-11)26-16(23)12-3-7-13(21)8-4-12/h3-10,21H,1-2H3. The van der Waals surface area contributed by atoms with Crippen LogP contribution in [0.3, 0.4) is 0 Å². The van der Waals surface area contributed by atoms with Crippen LogP contribution in [0.2, 0.25) is 0 Å². The van der Waals surface area contributed by atoms with Crippen LogP contribution in [0.5, 0.6) is 11.5 Å². The number of phenolic OH excluding ortho intramolecular Hbond substituents is 1. The average Bonchev–Trinajstić information content (AvgIpc) is 2.82. The topological polar surface area (TPSA) is 110 Å². The summed E-state index contributed by atoms with van der Waals surface area (Å²) in [7, 11) is 0. The van der Waals surface area contributed by atoms with Crippen molar-refractivity contribution in [3.8, 4) is 11.5 Å². The predicted octanol–water partition coefficient (Wildman–Crippen LogP) is 2.51. The summed E-state index contributed by atoms with van der Waals surface area (Å²) in [5.41, 5.74) is -1.10. The molecule has 3 rings (SSSR count). The van der Waals surface area contributed by atoms with Gasteiger partial charge in [0.1, 0.15) is 11.5 Å². The van der Waals surface area contributed by atoms with Gasteiger partial charge in [-0.25, -0.2) is 9.59 Å². The number of cyclic esters (lactones) is 1. The minimum Gasteiger partial charge on any atom is -0.508 e. The molecule has 8 heteroatoms. The summed E-state index contributed by atoms with van der Waals surface area (Å²) >= 11 is 0. The molecule has 27 heavy (non-hydrogen) atoms. The van der Waals surface area contributed by atoms with E-state index in [1.165, 1.54) is 62.4 Å². The summed E-state index contributed by atoms with van der Waals surface area (Å²) in [5.74, 6) is -2.03. The van der Waals surface area contributed by atoms with Gasteiger partial charge in [0.15, 0.2) is 5.60 Å².